The van der Waals surface area contributed by atoms with Gasteiger partial charge >= 0.3 is 11.8 Å². The van der Waals surface area contributed by atoms with Crippen molar-refractivity contribution in [3.05, 3.63) is 0 Å². The fourth-order valence-corrected chi connectivity index (χ4v) is 1.72. The number of carbonyl (C=O) groups excluding carboxylic acids is 2. The lowest BCUT2D eigenvalue weighted by molar-refractivity contribution is -0.140. The molecule has 0 heterocycles. The Balaban J connectivity index is 2.36. The van der Waals surface area contributed by atoms with Gasteiger partial charge in [-0.25, -0.2) is 0 Å². The lowest BCUT2D eigenvalue weighted by Crippen LogP contribution is -2.49. The molecule has 2 amide bonds. The number of rotatable bonds is 1. The zero-order valence-electron chi connectivity index (χ0n) is 9.72. The van der Waals surface area contributed by atoms with Gasteiger partial charge in [0.15, 0.2) is 0 Å². The van der Waals surface area contributed by atoms with E-state index in [-0.39, 0.29) is 11.6 Å². The van der Waals surface area contributed by atoms with Gasteiger partial charge < -0.3 is 10.6 Å². The first-order valence-corrected chi connectivity index (χ1v) is 5.51. The molecule has 0 bridgehead atoms. The quantitative estimate of drug-likeness (QED) is 0.636. The third-order valence-electron chi connectivity index (χ3n) is 2.39. The van der Waals surface area contributed by atoms with Crippen LogP contribution >= 0.6 is 0 Å². The molecule has 1 fully saturated rings. The Morgan fingerprint density at radius 2 is 1.60 bits per heavy atom. The van der Waals surface area contributed by atoms with Crippen molar-refractivity contribution in [3.8, 4) is 0 Å². The Morgan fingerprint density at radius 1 is 1.07 bits per heavy atom. The van der Waals surface area contributed by atoms with E-state index in [1.807, 2.05) is 20.8 Å². The molecule has 0 aromatic rings. The zero-order valence-corrected chi connectivity index (χ0v) is 9.72. The minimum atomic E-state index is -0.533. The van der Waals surface area contributed by atoms with Crippen LogP contribution in [0.5, 0.6) is 0 Å². The maximum atomic E-state index is 11.5. The van der Waals surface area contributed by atoms with Crippen molar-refractivity contribution in [1.29, 1.82) is 0 Å². The van der Waals surface area contributed by atoms with E-state index in [0.29, 0.717) is 0 Å². The molecule has 1 rings (SSSR count). The number of carbonyl (C=O) groups is 2. The standard InChI is InChI=1S/C11H20N2O2/c1-11(2,3)13-10(15)9(14)12-8-6-4-5-7-8/h8H,4-7H2,1-3H3,(H,12,14)(H,13,15). The number of amides is 2. The summed E-state index contributed by atoms with van der Waals surface area (Å²) in [7, 11) is 0. The summed E-state index contributed by atoms with van der Waals surface area (Å²) in [6.45, 7) is 5.56. The number of nitrogens with one attached hydrogen (secondary N) is 2. The molecule has 0 aromatic heterocycles. The fraction of sp³-hybridized carbons (Fsp3) is 0.818. The minimum absolute atomic E-state index is 0.197. The van der Waals surface area contributed by atoms with Crippen LogP contribution in [0.2, 0.25) is 0 Å². The monoisotopic (exact) mass is 212 g/mol. The van der Waals surface area contributed by atoms with Crippen molar-refractivity contribution in [2.75, 3.05) is 0 Å². The van der Waals surface area contributed by atoms with Crippen LogP contribution in [-0.4, -0.2) is 23.4 Å². The predicted octanol–water partition coefficient (Wildman–Crippen LogP) is 0.960. The first-order chi connectivity index (χ1) is 6.88. The van der Waals surface area contributed by atoms with Crippen LogP contribution in [0.15, 0.2) is 0 Å². The summed E-state index contributed by atoms with van der Waals surface area (Å²) >= 11 is 0. The van der Waals surface area contributed by atoms with E-state index in [1.54, 1.807) is 0 Å². The second kappa shape index (κ2) is 4.64. The largest absolute Gasteiger partial charge is 0.345 e. The maximum Gasteiger partial charge on any atom is 0.309 e. The van der Waals surface area contributed by atoms with Crippen molar-refractivity contribution in [1.82, 2.24) is 10.6 Å². The molecule has 0 atom stereocenters. The van der Waals surface area contributed by atoms with Crippen LogP contribution < -0.4 is 10.6 Å². The fourth-order valence-electron chi connectivity index (χ4n) is 1.72. The normalized spacial score (nSPS) is 17.5. The van der Waals surface area contributed by atoms with Crippen molar-refractivity contribution in [3.63, 3.8) is 0 Å². The molecule has 0 spiro atoms. The summed E-state index contributed by atoms with van der Waals surface area (Å²) in [5.74, 6) is -1.04. The van der Waals surface area contributed by atoms with E-state index in [4.69, 9.17) is 0 Å². The predicted molar refractivity (Wildman–Crippen MR) is 58.3 cm³/mol. The minimum Gasteiger partial charge on any atom is -0.345 e. The Hall–Kier alpha value is -1.06. The van der Waals surface area contributed by atoms with E-state index in [1.165, 1.54) is 0 Å². The van der Waals surface area contributed by atoms with Gasteiger partial charge in [-0.2, -0.15) is 0 Å². The number of hydrogen-bond acceptors (Lipinski definition) is 2. The van der Waals surface area contributed by atoms with Gasteiger partial charge in [-0.1, -0.05) is 12.8 Å². The van der Waals surface area contributed by atoms with Gasteiger partial charge in [-0.05, 0) is 33.6 Å². The summed E-state index contributed by atoms with van der Waals surface area (Å²) in [6, 6.07) is 0.197. The second-order valence-corrected chi connectivity index (χ2v) is 5.16. The highest BCUT2D eigenvalue weighted by Crippen LogP contribution is 2.17. The SMILES string of the molecule is CC(C)(C)NC(=O)C(=O)NC1CCCC1. The van der Waals surface area contributed by atoms with Gasteiger partial charge in [-0.3, -0.25) is 9.59 Å². The molecule has 2 N–H and O–H groups in total. The molecule has 1 saturated carbocycles. The summed E-state index contributed by atoms with van der Waals surface area (Å²) in [6.07, 6.45) is 4.28. The van der Waals surface area contributed by atoms with Crippen LogP contribution in [0.3, 0.4) is 0 Å². The molecule has 4 nitrogen and oxygen atoms in total. The van der Waals surface area contributed by atoms with Crippen LogP contribution in [-0.2, 0) is 9.59 Å². The molecule has 0 saturated heterocycles. The molecule has 0 radical (unpaired) electrons. The van der Waals surface area contributed by atoms with E-state index < -0.39 is 11.8 Å². The Labute approximate surface area is 90.8 Å². The van der Waals surface area contributed by atoms with Crippen molar-refractivity contribution < 1.29 is 9.59 Å². The summed E-state index contributed by atoms with van der Waals surface area (Å²) in [5, 5.41) is 5.39. The molecule has 86 valence electrons. The third-order valence-corrected chi connectivity index (χ3v) is 2.39. The summed E-state index contributed by atoms with van der Waals surface area (Å²) in [5.41, 5.74) is -0.357. The van der Waals surface area contributed by atoms with E-state index in [9.17, 15) is 9.59 Å². The van der Waals surface area contributed by atoms with Crippen LogP contribution in [0, 0.1) is 0 Å². The molecule has 4 heteroatoms. The average Bonchev–Trinajstić information content (AvgIpc) is 2.53. The van der Waals surface area contributed by atoms with Crippen LogP contribution in [0.1, 0.15) is 46.5 Å². The van der Waals surface area contributed by atoms with Crippen LogP contribution in [0.4, 0.5) is 0 Å². The second-order valence-electron chi connectivity index (χ2n) is 5.16. The highest BCUT2D eigenvalue weighted by Gasteiger charge is 2.23. The van der Waals surface area contributed by atoms with Crippen LogP contribution in [0.25, 0.3) is 0 Å². The highest BCUT2D eigenvalue weighted by molar-refractivity contribution is 6.35. The van der Waals surface area contributed by atoms with Gasteiger partial charge in [0, 0.05) is 11.6 Å². The molecule has 0 unspecified atom stereocenters. The summed E-state index contributed by atoms with van der Waals surface area (Å²) in [4.78, 5) is 22.9. The average molecular weight is 212 g/mol. The van der Waals surface area contributed by atoms with E-state index in [2.05, 4.69) is 10.6 Å². The number of hydrogen-bond donors (Lipinski definition) is 2. The Bertz CT molecular complexity index is 250. The lowest BCUT2D eigenvalue weighted by Gasteiger charge is -2.20. The van der Waals surface area contributed by atoms with Crippen molar-refractivity contribution >= 4 is 11.8 Å². The molecular formula is C11H20N2O2. The Kier molecular flexibility index (Phi) is 3.72. The Morgan fingerprint density at radius 3 is 2.07 bits per heavy atom. The molecule has 1 aliphatic carbocycles. The van der Waals surface area contributed by atoms with Crippen molar-refractivity contribution in [2.24, 2.45) is 0 Å². The lowest BCUT2D eigenvalue weighted by atomic mass is 10.1. The van der Waals surface area contributed by atoms with Gasteiger partial charge in [0.05, 0.1) is 0 Å². The smallest absolute Gasteiger partial charge is 0.309 e. The first kappa shape index (κ1) is 12.0. The molecule has 0 aliphatic heterocycles. The van der Waals surface area contributed by atoms with Crippen molar-refractivity contribution in [2.45, 2.75) is 58.0 Å². The molecular weight excluding hydrogens is 192 g/mol. The van der Waals surface area contributed by atoms with E-state index in [0.717, 1.165) is 25.7 Å². The third kappa shape index (κ3) is 4.32. The zero-order chi connectivity index (χ0) is 11.5. The maximum absolute atomic E-state index is 11.5. The topological polar surface area (TPSA) is 58.2 Å². The first-order valence-electron chi connectivity index (χ1n) is 5.51. The van der Waals surface area contributed by atoms with E-state index >= 15 is 0 Å². The van der Waals surface area contributed by atoms with Gasteiger partial charge in [-0.15, -0.1) is 0 Å². The highest BCUT2D eigenvalue weighted by atomic mass is 16.2. The molecule has 0 aromatic carbocycles. The van der Waals surface area contributed by atoms with Gasteiger partial charge in [0.2, 0.25) is 0 Å². The summed E-state index contributed by atoms with van der Waals surface area (Å²) < 4.78 is 0. The van der Waals surface area contributed by atoms with Gasteiger partial charge in [0.25, 0.3) is 0 Å². The van der Waals surface area contributed by atoms with Gasteiger partial charge in [0.1, 0.15) is 0 Å². The molecule has 1 aliphatic rings. The molecule has 15 heavy (non-hydrogen) atoms.